The summed E-state index contributed by atoms with van der Waals surface area (Å²) in [5.41, 5.74) is 2.18. The van der Waals surface area contributed by atoms with Gasteiger partial charge in [-0.05, 0) is 62.2 Å². The molecule has 1 aliphatic heterocycles. The van der Waals surface area contributed by atoms with Crippen LogP contribution in [0, 0.1) is 19.7 Å². The van der Waals surface area contributed by atoms with Crippen molar-refractivity contribution in [2.45, 2.75) is 31.7 Å². The second-order valence-electron chi connectivity index (χ2n) is 7.55. The number of rotatable bonds is 5. The van der Waals surface area contributed by atoms with Gasteiger partial charge in [0.25, 0.3) is 5.91 Å². The first-order valence-corrected chi connectivity index (χ1v) is 11.1. The Hall–Kier alpha value is -2.29. The van der Waals surface area contributed by atoms with Crippen LogP contribution in [-0.2, 0) is 14.8 Å². The number of aryl methyl sites for hydroxylation is 2. The number of carbonyl (C=O) groups is 1. The van der Waals surface area contributed by atoms with Crippen LogP contribution >= 0.6 is 0 Å². The number of quaternary nitrogens is 1. The van der Waals surface area contributed by atoms with Crippen molar-refractivity contribution in [1.29, 1.82) is 0 Å². The molecule has 0 radical (unpaired) electrons. The van der Waals surface area contributed by atoms with Gasteiger partial charge in [0.05, 0.1) is 31.1 Å². The van der Waals surface area contributed by atoms with Gasteiger partial charge in [0.15, 0.2) is 6.04 Å². The Labute approximate surface area is 171 Å². The number of anilines is 1. The van der Waals surface area contributed by atoms with E-state index in [1.54, 1.807) is 13.0 Å². The van der Waals surface area contributed by atoms with Gasteiger partial charge in [-0.15, -0.1) is 0 Å². The van der Waals surface area contributed by atoms with Crippen LogP contribution < -0.4 is 10.2 Å². The number of hydrogen-bond acceptors (Lipinski definition) is 3. The molecule has 1 atom stereocenters. The minimum atomic E-state index is -3.55. The van der Waals surface area contributed by atoms with E-state index >= 15 is 0 Å². The fourth-order valence-electron chi connectivity index (χ4n) is 3.54. The van der Waals surface area contributed by atoms with Crippen molar-refractivity contribution in [2.75, 3.05) is 31.5 Å². The Balaban J connectivity index is 1.62. The molecule has 0 spiro atoms. The summed E-state index contributed by atoms with van der Waals surface area (Å²) in [6, 6.07) is 10.7. The Morgan fingerprint density at radius 3 is 2.34 bits per heavy atom. The largest absolute Gasteiger partial charge is 0.323 e. The summed E-state index contributed by atoms with van der Waals surface area (Å²) in [6.45, 7) is 7.31. The van der Waals surface area contributed by atoms with Gasteiger partial charge in [-0.2, -0.15) is 4.31 Å². The summed E-state index contributed by atoms with van der Waals surface area (Å²) >= 11 is 0. The van der Waals surface area contributed by atoms with Crippen LogP contribution in [0.1, 0.15) is 18.1 Å². The summed E-state index contributed by atoms with van der Waals surface area (Å²) in [4.78, 5) is 13.9. The Bertz CT molecular complexity index is 985. The third-order valence-corrected chi connectivity index (χ3v) is 7.48. The molecule has 8 heteroatoms. The minimum absolute atomic E-state index is 0.169. The van der Waals surface area contributed by atoms with Crippen molar-refractivity contribution >= 4 is 21.6 Å². The van der Waals surface area contributed by atoms with Crippen molar-refractivity contribution in [2.24, 2.45) is 0 Å². The van der Waals surface area contributed by atoms with Crippen molar-refractivity contribution in [3.8, 4) is 0 Å². The van der Waals surface area contributed by atoms with Crippen LogP contribution in [0.3, 0.4) is 0 Å². The summed E-state index contributed by atoms with van der Waals surface area (Å²) in [6.07, 6.45) is 0. The van der Waals surface area contributed by atoms with Crippen molar-refractivity contribution in [3.63, 3.8) is 0 Å². The fraction of sp³-hybridized carbons (Fsp3) is 0.381. The Kier molecular flexibility index (Phi) is 6.36. The number of halogens is 1. The molecular formula is C21H27FN3O3S+. The molecular weight excluding hydrogens is 393 g/mol. The van der Waals surface area contributed by atoms with Gasteiger partial charge in [-0.3, -0.25) is 4.79 Å². The third-order valence-electron chi connectivity index (χ3n) is 5.44. The second-order valence-corrected chi connectivity index (χ2v) is 9.46. The molecule has 1 heterocycles. The molecule has 2 N–H and O–H groups in total. The number of benzene rings is 2. The lowest BCUT2D eigenvalue weighted by Crippen LogP contribution is -3.19. The SMILES string of the molecule is Cc1ccc(C)c(S(=O)(=O)N2CC[NH+]([C@H](C)C(=O)Nc3ccc(F)cc3)CC2)c1. The van der Waals surface area contributed by atoms with Gasteiger partial charge in [0.1, 0.15) is 5.82 Å². The number of nitrogens with one attached hydrogen (secondary N) is 2. The molecule has 1 amide bonds. The maximum absolute atomic E-state index is 13.0. The van der Waals surface area contributed by atoms with E-state index in [1.165, 1.54) is 28.6 Å². The van der Waals surface area contributed by atoms with Crippen LogP contribution in [0.5, 0.6) is 0 Å². The van der Waals surface area contributed by atoms with Crippen LogP contribution in [-0.4, -0.2) is 50.9 Å². The molecule has 0 bridgehead atoms. The van der Waals surface area contributed by atoms with Gasteiger partial charge in [-0.1, -0.05) is 12.1 Å². The molecule has 2 aromatic carbocycles. The first-order chi connectivity index (χ1) is 13.7. The molecule has 1 saturated heterocycles. The van der Waals surface area contributed by atoms with Crippen molar-refractivity contribution in [1.82, 2.24) is 4.31 Å². The number of hydrogen-bond donors (Lipinski definition) is 2. The summed E-state index contributed by atoms with van der Waals surface area (Å²) in [7, 11) is -3.55. The van der Waals surface area contributed by atoms with Gasteiger partial charge >= 0.3 is 0 Å². The zero-order valence-corrected chi connectivity index (χ0v) is 17.7. The average Bonchev–Trinajstić information content (AvgIpc) is 2.71. The molecule has 1 aliphatic rings. The van der Waals surface area contributed by atoms with E-state index in [4.69, 9.17) is 0 Å². The maximum Gasteiger partial charge on any atom is 0.282 e. The topological polar surface area (TPSA) is 70.9 Å². The lowest BCUT2D eigenvalue weighted by Gasteiger charge is -2.34. The van der Waals surface area contributed by atoms with E-state index in [0.717, 1.165) is 16.0 Å². The van der Waals surface area contributed by atoms with Crippen molar-refractivity contribution in [3.05, 3.63) is 59.4 Å². The first kappa shape index (κ1) is 21.4. The number of nitrogens with zero attached hydrogens (tertiary/aromatic N) is 1. The average molecular weight is 421 g/mol. The van der Waals surface area contributed by atoms with Crippen LogP contribution in [0.2, 0.25) is 0 Å². The molecule has 2 aromatic rings. The lowest BCUT2D eigenvalue weighted by molar-refractivity contribution is -0.917. The van der Waals surface area contributed by atoms with E-state index in [9.17, 15) is 17.6 Å². The van der Waals surface area contributed by atoms with Gasteiger partial charge in [0, 0.05) is 5.69 Å². The minimum Gasteiger partial charge on any atom is -0.323 e. The zero-order valence-electron chi connectivity index (χ0n) is 16.9. The standard InChI is InChI=1S/C21H26FN3O3S/c1-15-4-5-16(2)20(14-15)29(27,28)25-12-10-24(11-13-25)17(3)21(26)23-19-8-6-18(22)7-9-19/h4-9,14,17H,10-13H2,1-3H3,(H,23,26)/p+1/t17-/m1/s1. The molecule has 6 nitrogen and oxygen atoms in total. The molecule has 0 saturated carbocycles. The molecule has 0 unspecified atom stereocenters. The third kappa shape index (κ3) is 4.83. The van der Waals surface area contributed by atoms with Gasteiger partial charge < -0.3 is 10.2 Å². The predicted octanol–water partition coefficient (Wildman–Crippen LogP) is 1.36. The smallest absolute Gasteiger partial charge is 0.282 e. The highest BCUT2D eigenvalue weighted by Crippen LogP contribution is 2.21. The fourth-order valence-corrected chi connectivity index (χ4v) is 5.29. The number of sulfonamides is 1. The normalized spacial score (nSPS) is 17.1. The maximum atomic E-state index is 13.0. The second kappa shape index (κ2) is 8.61. The van der Waals surface area contributed by atoms with Crippen LogP contribution in [0.25, 0.3) is 0 Å². The Morgan fingerprint density at radius 2 is 1.72 bits per heavy atom. The van der Waals surface area contributed by atoms with Crippen LogP contribution in [0.15, 0.2) is 47.4 Å². The highest BCUT2D eigenvalue weighted by molar-refractivity contribution is 7.89. The highest BCUT2D eigenvalue weighted by Gasteiger charge is 2.35. The molecule has 3 rings (SSSR count). The number of carbonyl (C=O) groups excluding carboxylic acids is 1. The highest BCUT2D eigenvalue weighted by atomic mass is 32.2. The number of amides is 1. The lowest BCUT2D eigenvalue weighted by atomic mass is 10.2. The zero-order chi connectivity index (χ0) is 21.2. The predicted molar refractivity (Wildman–Crippen MR) is 110 cm³/mol. The van der Waals surface area contributed by atoms with E-state index in [0.29, 0.717) is 36.8 Å². The molecule has 0 aliphatic carbocycles. The van der Waals surface area contributed by atoms with E-state index < -0.39 is 10.0 Å². The number of piperazine rings is 1. The monoisotopic (exact) mass is 420 g/mol. The van der Waals surface area contributed by atoms with Crippen molar-refractivity contribution < 1.29 is 22.5 Å². The summed E-state index contributed by atoms with van der Waals surface area (Å²) < 4.78 is 40.6. The quantitative estimate of drug-likeness (QED) is 0.767. The van der Waals surface area contributed by atoms with E-state index in [1.807, 2.05) is 26.0 Å². The Morgan fingerprint density at radius 1 is 1.10 bits per heavy atom. The summed E-state index contributed by atoms with van der Waals surface area (Å²) in [5, 5.41) is 2.79. The summed E-state index contributed by atoms with van der Waals surface area (Å²) in [5.74, 6) is -0.528. The van der Waals surface area contributed by atoms with Gasteiger partial charge in [-0.25, -0.2) is 12.8 Å². The van der Waals surface area contributed by atoms with Gasteiger partial charge in [0.2, 0.25) is 10.0 Å². The van der Waals surface area contributed by atoms with Crippen LogP contribution in [0.4, 0.5) is 10.1 Å². The van der Waals surface area contributed by atoms with E-state index in [-0.39, 0.29) is 17.8 Å². The molecule has 1 fully saturated rings. The van der Waals surface area contributed by atoms with E-state index in [2.05, 4.69) is 5.32 Å². The molecule has 0 aromatic heterocycles. The molecule has 29 heavy (non-hydrogen) atoms. The molecule has 156 valence electrons. The first-order valence-electron chi connectivity index (χ1n) is 9.67.